The molecule has 12 heavy (non-hydrogen) atoms. The molecule has 0 aliphatic heterocycles. The fourth-order valence-corrected chi connectivity index (χ4v) is 1.09. The molecule has 1 N–H and O–H groups in total. The van der Waals surface area contributed by atoms with Crippen LogP contribution in [0.1, 0.15) is 33.6 Å². The highest BCUT2D eigenvalue weighted by molar-refractivity contribution is 5.81. The number of hydrazine groups is 1. The van der Waals surface area contributed by atoms with Gasteiger partial charge in [0.15, 0.2) is 0 Å². The van der Waals surface area contributed by atoms with Crippen LogP contribution in [0, 0.1) is 5.41 Å². The number of hydrogen-bond donors (Lipinski definition) is 1. The molecule has 0 saturated heterocycles. The lowest BCUT2D eigenvalue weighted by Gasteiger charge is -2.25. The number of nitrogens with zero attached hydrogens (tertiary/aromatic N) is 1. The summed E-state index contributed by atoms with van der Waals surface area (Å²) in [6.45, 7) is 6.02. The summed E-state index contributed by atoms with van der Waals surface area (Å²) in [5.41, 5.74) is 2.51. The first-order valence-electron chi connectivity index (χ1n) is 4.38. The molecule has 0 rings (SSSR count). The van der Waals surface area contributed by atoms with E-state index < -0.39 is 0 Å². The molecule has 72 valence electrons. The van der Waals surface area contributed by atoms with Crippen molar-refractivity contribution in [1.29, 1.82) is 0 Å². The normalized spacial score (nSPS) is 11.8. The van der Waals surface area contributed by atoms with Crippen molar-refractivity contribution in [1.82, 2.24) is 10.4 Å². The van der Waals surface area contributed by atoms with Gasteiger partial charge in [0.1, 0.15) is 0 Å². The maximum Gasteiger partial charge on any atom is 0.239 e. The second kappa shape index (κ2) is 4.45. The number of nitrogens with one attached hydrogen (secondary N) is 1. The molecule has 0 heterocycles. The molecule has 0 aliphatic carbocycles. The smallest absolute Gasteiger partial charge is 0.239 e. The van der Waals surface area contributed by atoms with Crippen LogP contribution in [-0.2, 0) is 4.79 Å². The summed E-state index contributed by atoms with van der Waals surface area (Å²) in [4.78, 5) is 11.5. The molecule has 0 aliphatic rings. The summed E-state index contributed by atoms with van der Waals surface area (Å²) in [6.07, 6.45) is 1.96. The average molecular weight is 172 g/mol. The van der Waals surface area contributed by atoms with Gasteiger partial charge in [-0.15, -0.1) is 0 Å². The molecular formula is C9H20N2O. The highest BCUT2D eigenvalue weighted by Crippen LogP contribution is 2.21. The van der Waals surface area contributed by atoms with Crippen LogP contribution < -0.4 is 5.43 Å². The lowest BCUT2D eigenvalue weighted by atomic mass is 9.87. The van der Waals surface area contributed by atoms with Crippen LogP contribution in [0.25, 0.3) is 0 Å². The van der Waals surface area contributed by atoms with E-state index in [1.165, 1.54) is 0 Å². The van der Waals surface area contributed by atoms with Gasteiger partial charge in [0.2, 0.25) is 5.91 Å². The van der Waals surface area contributed by atoms with Crippen LogP contribution in [0.4, 0.5) is 0 Å². The Kier molecular flexibility index (Phi) is 4.24. The van der Waals surface area contributed by atoms with E-state index >= 15 is 0 Å². The lowest BCUT2D eigenvalue weighted by Crippen LogP contribution is -2.44. The first-order valence-corrected chi connectivity index (χ1v) is 4.38. The van der Waals surface area contributed by atoms with E-state index in [2.05, 4.69) is 12.3 Å². The first-order chi connectivity index (χ1) is 5.40. The molecule has 0 aromatic carbocycles. The Morgan fingerprint density at radius 1 is 1.42 bits per heavy atom. The molecule has 0 atom stereocenters. The minimum atomic E-state index is -0.251. The molecular weight excluding hydrogens is 152 g/mol. The predicted octanol–water partition coefficient (Wildman–Crippen LogP) is 1.41. The molecule has 0 saturated carbocycles. The third-order valence-corrected chi connectivity index (χ3v) is 1.81. The van der Waals surface area contributed by atoms with E-state index in [9.17, 15) is 4.79 Å². The van der Waals surface area contributed by atoms with E-state index in [1.807, 2.05) is 27.9 Å². The average Bonchev–Trinajstić information content (AvgIpc) is 1.85. The maximum atomic E-state index is 11.5. The molecule has 1 amide bonds. The Morgan fingerprint density at radius 3 is 2.25 bits per heavy atom. The second-order valence-electron chi connectivity index (χ2n) is 3.97. The van der Waals surface area contributed by atoms with Crippen molar-refractivity contribution in [2.45, 2.75) is 33.6 Å². The van der Waals surface area contributed by atoms with Gasteiger partial charge in [0.05, 0.1) is 0 Å². The number of rotatable bonds is 4. The zero-order valence-corrected chi connectivity index (χ0v) is 8.77. The SMILES string of the molecule is CCCC(C)(C)C(=O)NN(C)C. The molecule has 0 aromatic heterocycles. The van der Waals surface area contributed by atoms with Crippen LogP contribution >= 0.6 is 0 Å². The molecule has 0 fully saturated rings. The number of carbonyl (C=O) groups excluding carboxylic acids is 1. The zero-order valence-electron chi connectivity index (χ0n) is 8.77. The van der Waals surface area contributed by atoms with Gasteiger partial charge in [-0.3, -0.25) is 10.2 Å². The highest BCUT2D eigenvalue weighted by atomic mass is 16.2. The lowest BCUT2D eigenvalue weighted by molar-refractivity contribution is -0.133. The molecule has 0 aromatic rings. The van der Waals surface area contributed by atoms with Crippen molar-refractivity contribution >= 4 is 5.91 Å². The number of carbonyl (C=O) groups is 1. The fourth-order valence-electron chi connectivity index (χ4n) is 1.09. The Morgan fingerprint density at radius 2 is 1.92 bits per heavy atom. The maximum absolute atomic E-state index is 11.5. The van der Waals surface area contributed by atoms with Gasteiger partial charge < -0.3 is 0 Å². The van der Waals surface area contributed by atoms with Crippen molar-refractivity contribution in [3.63, 3.8) is 0 Å². The largest absolute Gasteiger partial charge is 0.289 e. The van der Waals surface area contributed by atoms with Crippen molar-refractivity contribution in [3.05, 3.63) is 0 Å². The van der Waals surface area contributed by atoms with Gasteiger partial charge in [-0.05, 0) is 6.42 Å². The summed E-state index contributed by atoms with van der Waals surface area (Å²) >= 11 is 0. The highest BCUT2D eigenvalue weighted by Gasteiger charge is 2.26. The van der Waals surface area contributed by atoms with E-state index in [4.69, 9.17) is 0 Å². The molecule has 0 radical (unpaired) electrons. The monoisotopic (exact) mass is 172 g/mol. The molecule has 0 unspecified atom stereocenters. The topological polar surface area (TPSA) is 32.3 Å². The van der Waals surface area contributed by atoms with E-state index in [0.717, 1.165) is 12.8 Å². The van der Waals surface area contributed by atoms with Crippen molar-refractivity contribution < 1.29 is 4.79 Å². The summed E-state index contributed by atoms with van der Waals surface area (Å²) in [6, 6.07) is 0. The Balaban J connectivity index is 4.06. The van der Waals surface area contributed by atoms with Crippen LogP contribution in [0.15, 0.2) is 0 Å². The van der Waals surface area contributed by atoms with Crippen LogP contribution in [0.2, 0.25) is 0 Å². The Hall–Kier alpha value is -0.570. The number of hydrogen-bond acceptors (Lipinski definition) is 2. The van der Waals surface area contributed by atoms with E-state index in [0.29, 0.717) is 0 Å². The van der Waals surface area contributed by atoms with Crippen LogP contribution in [-0.4, -0.2) is 25.0 Å². The van der Waals surface area contributed by atoms with Gasteiger partial charge in [0, 0.05) is 19.5 Å². The summed E-state index contributed by atoms with van der Waals surface area (Å²) in [5.74, 6) is 0.0920. The second-order valence-corrected chi connectivity index (χ2v) is 3.97. The summed E-state index contributed by atoms with van der Waals surface area (Å²) in [5, 5.41) is 1.68. The minimum Gasteiger partial charge on any atom is -0.289 e. The predicted molar refractivity (Wildman–Crippen MR) is 50.5 cm³/mol. The van der Waals surface area contributed by atoms with Gasteiger partial charge in [0.25, 0.3) is 0 Å². The van der Waals surface area contributed by atoms with Gasteiger partial charge in [-0.2, -0.15) is 0 Å². The zero-order chi connectivity index (χ0) is 9.78. The van der Waals surface area contributed by atoms with E-state index in [1.54, 1.807) is 5.01 Å². The van der Waals surface area contributed by atoms with Crippen molar-refractivity contribution in [3.8, 4) is 0 Å². The third kappa shape index (κ3) is 3.72. The van der Waals surface area contributed by atoms with Crippen LogP contribution in [0.3, 0.4) is 0 Å². The summed E-state index contributed by atoms with van der Waals surface area (Å²) < 4.78 is 0. The number of amides is 1. The summed E-state index contributed by atoms with van der Waals surface area (Å²) in [7, 11) is 3.64. The van der Waals surface area contributed by atoms with E-state index in [-0.39, 0.29) is 11.3 Å². The quantitative estimate of drug-likeness (QED) is 0.650. The molecule has 3 nitrogen and oxygen atoms in total. The van der Waals surface area contributed by atoms with Crippen molar-refractivity contribution in [2.75, 3.05) is 14.1 Å². The Labute approximate surface area is 75.1 Å². The first kappa shape index (κ1) is 11.4. The third-order valence-electron chi connectivity index (χ3n) is 1.81. The molecule has 0 spiro atoms. The molecule has 0 bridgehead atoms. The van der Waals surface area contributed by atoms with Gasteiger partial charge in [-0.25, -0.2) is 5.01 Å². The van der Waals surface area contributed by atoms with Gasteiger partial charge >= 0.3 is 0 Å². The molecule has 3 heteroatoms. The fraction of sp³-hybridized carbons (Fsp3) is 0.889. The minimum absolute atomic E-state index is 0.0920. The standard InChI is InChI=1S/C9H20N2O/c1-6-7-9(2,3)8(12)10-11(4)5/h6-7H2,1-5H3,(H,10,12). The van der Waals surface area contributed by atoms with Crippen molar-refractivity contribution in [2.24, 2.45) is 5.41 Å². The van der Waals surface area contributed by atoms with Gasteiger partial charge in [-0.1, -0.05) is 27.2 Å². The van der Waals surface area contributed by atoms with Crippen LogP contribution in [0.5, 0.6) is 0 Å². The Bertz CT molecular complexity index is 153.